The van der Waals surface area contributed by atoms with Crippen molar-refractivity contribution in [2.45, 2.75) is 39.9 Å². The third kappa shape index (κ3) is 6.57. The third-order valence-electron chi connectivity index (χ3n) is 6.27. The highest BCUT2D eigenvalue weighted by Crippen LogP contribution is 2.33. The number of rotatable bonds is 9. The summed E-state index contributed by atoms with van der Waals surface area (Å²) in [5.74, 6) is 1.16. The number of benzene rings is 2. The Balaban J connectivity index is 1.62. The Labute approximate surface area is 230 Å². The molecule has 2 aromatic carbocycles. The van der Waals surface area contributed by atoms with E-state index in [0.717, 1.165) is 23.4 Å². The van der Waals surface area contributed by atoms with Gasteiger partial charge in [-0.1, -0.05) is 13.0 Å². The molecule has 2 heterocycles. The average molecular weight is 553 g/mol. The monoisotopic (exact) mass is 552 g/mol. The van der Waals surface area contributed by atoms with Crippen LogP contribution in [-0.4, -0.2) is 39.2 Å². The smallest absolute Gasteiger partial charge is 0.373 e. The summed E-state index contributed by atoms with van der Waals surface area (Å²) < 4.78 is 42.5. The molecule has 2 aromatic heterocycles. The fourth-order valence-electron chi connectivity index (χ4n) is 4.16. The minimum absolute atomic E-state index is 0.0811. The van der Waals surface area contributed by atoms with Gasteiger partial charge < -0.3 is 21.3 Å². The number of aromatic nitrogens is 4. The van der Waals surface area contributed by atoms with Gasteiger partial charge in [0.15, 0.2) is 5.82 Å². The maximum atomic E-state index is 13.6. The number of hydrogen-bond acceptors (Lipinski definition) is 7. The number of alkyl halides is 3. The van der Waals surface area contributed by atoms with Crippen molar-refractivity contribution in [2.24, 2.45) is 0 Å². The second-order valence-corrected chi connectivity index (χ2v) is 9.32. The van der Waals surface area contributed by atoms with Crippen LogP contribution >= 0.6 is 0 Å². The molecule has 0 bridgehead atoms. The molecule has 40 heavy (non-hydrogen) atoms. The number of anilines is 4. The lowest BCUT2D eigenvalue weighted by atomic mass is 10.00. The molecule has 0 radical (unpaired) electrons. The normalized spacial score (nSPS) is 12.2. The van der Waals surface area contributed by atoms with Gasteiger partial charge in [-0.3, -0.25) is 4.79 Å². The molecule has 0 aliphatic carbocycles. The van der Waals surface area contributed by atoms with E-state index in [2.05, 4.69) is 36.3 Å². The van der Waals surface area contributed by atoms with Gasteiger partial charge in [-0.25, -0.2) is 9.97 Å². The molecular weight excluding hydrogens is 521 g/mol. The first kappa shape index (κ1) is 28.6. The highest BCUT2D eigenvalue weighted by atomic mass is 19.4. The summed E-state index contributed by atoms with van der Waals surface area (Å²) >= 11 is 0. The standard InChI is InChI=1S/C28H31F3N8O/c1-6-33-18(4)19-10-20(12-21(11-19)28(29,30)31)27(40)36-22-8-7-16(2)23(13-22)37-26-9-17(3)38-39(26)25-14-24(32-5)34-15-35-25/h7-15,18,33,37H,6H2,1-5H3,(H,36,40)(H,32,34,35)/t18-/m1/s1. The molecule has 4 N–H and O–H groups in total. The van der Waals surface area contributed by atoms with Crippen LogP contribution in [0.4, 0.5) is 36.2 Å². The van der Waals surface area contributed by atoms with Crippen molar-refractivity contribution in [2.75, 3.05) is 29.5 Å². The number of carbonyl (C=O) groups is 1. The van der Waals surface area contributed by atoms with Crippen LogP contribution in [0, 0.1) is 13.8 Å². The van der Waals surface area contributed by atoms with E-state index in [1.165, 1.54) is 12.4 Å². The van der Waals surface area contributed by atoms with Crippen LogP contribution in [0.3, 0.4) is 0 Å². The summed E-state index contributed by atoms with van der Waals surface area (Å²) in [5.41, 5.74) is 2.14. The van der Waals surface area contributed by atoms with Crippen LogP contribution < -0.4 is 21.3 Å². The highest BCUT2D eigenvalue weighted by Gasteiger charge is 2.32. The summed E-state index contributed by atoms with van der Waals surface area (Å²) in [6.07, 6.45) is -3.15. The fraction of sp³-hybridized carbons (Fsp3) is 0.286. The largest absolute Gasteiger partial charge is 0.416 e. The van der Waals surface area contributed by atoms with Gasteiger partial charge in [-0.05, 0) is 68.8 Å². The van der Waals surface area contributed by atoms with E-state index < -0.39 is 17.6 Å². The SMILES string of the molecule is CCN[C@H](C)c1cc(C(=O)Nc2ccc(C)c(Nc3cc(C)nn3-c3cc(NC)ncn3)c2)cc(C(F)(F)F)c1. The molecule has 12 heteroatoms. The van der Waals surface area contributed by atoms with Crippen LogP contribution in [0.2, 0.25) is 0 Å². The maximum Gasteiger partial charge on any atom is 0.416 e. The second kappa shape index (κ2) is 11.7. The van der Waals surface area contributed by atoms with Gasteiger partial charge in [0.1, 0.15) is 18.0 Å². The van der Waals surface area contributed by atoms with Crippen molar-refractivity contribution in [1.82, 2.24) is 25.1 Å². The lowest BCUT2D eigenvalue weighted by Gasteiger charge is -2.18. The lowest BCUT2D eigenvalue weighted by molar-refractivity contribution is -0.137. The Morgan fingerprint density at radius 2 is 1.82 bits per heavy atom. The van der Waals surface area contributed by atoms with Gasteiger partial charge in [-0.2, -0.15) is 23.0 Å². The first-order valence-electron chi connectivity index (χ1n) is 12.7. The number of nitrogens with zero attached hydrogens (tertiary/aromatic N) is 4. The molecule has 4 aromatic rings. The summed E-state index contributed by atoms with van der Waals surface area (Å²) in [5, 5.41) is 16.7. The lowest BCUT2D eigenvalue weighted by Crippen LogP contribution is -2.20. The van der Waals surface area contributed by atoms with Crippen molar-refractivity contribution in [1.29, 1.82) is 0 Å². The van der Waals surface area contributed by atoms with Crippen molar-refractivity contribution in [3.63, 3.8) is 0 Å². The van der Waals surface area contributed by atoms with E-state index in [1.54, 1.807) is 42.9 Å². The predicted molar refractivity (Wildman–Crippen MR) is 149 cm³/mol. The van der Waals surface area contributed by atoms with Gasteiger partial charge in [0.25, 0.3) is 5.91 Å². The van der Waals surface area contributed by atoms with Gasteiger partial charge in [0.2, 0.25) is 0 Å². The van der Waals surface area contributed by atoms with E-state index in [-0.39, 0.29) is 11.6 Å². The van der Waals surface area contributed by atoms with Crippen LogP contribution in [0.25, 0.3) is 5.82 Å². The summed E-state index contributed by atoms with van der Waals surface area (Å²) in [7, 11) is 1.76. The first-order valence-corrected chi connectivity index (χ1v) is 12.7. The summed E-state index contributed by atoms with van der Waals surface area (Å²) in [4.78, 5) is 21.6. The molecule has 4 rings (SSSR count). The van der Waals surface area contributed by atoms with E-state index in [4.69, 9.17) is 0 Å². The molecule has 0 aliphatic rings. The molecule has 210 valence electrons. The van der Waals surface area contributed by atoms with E-state index in [9.17, 15) is 18.0 Å². The first-order chi connectivity index (χ1) is 19.0. The molecule has 9 nitrogen and oxygen atoms in total. The Morgan fingerprint density at radius 3 is 2.52 bits per heavy atom. The Morgan fingerprint density at radius 1 is 1.05 bits per heavy atom. The van der Waals surface area contributed by atoms with E-state index in [1.807, 2.05) is 26.8 Å². The van der Waals surface area contributed by atoms with Crippen molar-refractivity contribution >= 4 is 28.9 Å². The Bertz CT molecular complexity index is 1520. The minimum Gasteiger partial charge on any atom is -0.373 e. The van der Waals surface area contributed by atoms with Gasteiger partial charge >= 0.3 is 6.18 Å². The number of amides is 1. The number of hydrogen-bond donors (Lipinski definition) is 4. The zero-order chi connectivity index (χ0) is 29.0. The molecule has 0 saturated carbocycles. The number of carbonyl (C=O) groups excluding carboxylic acids is 1. The summed E-state index contributed by atoms with van der Waals surface area (Å²) in [6, 6.07) is 11.9. The van der Waals surface area contributed by atoms with E-state index in [0.29, 0.717) is 40.9 Å². The highest BCUT2D eigenvalue weighted by molar-refractivity contribution is 6.04. The Kier molecular flexibility index (Phi) is 8.38. The number of halogens is 3. The molecule has 0 fully saturated rings. The fourth-order valence-corrected chi connectivity index (χ4v) is 4.16. The zero-order valence-electron chi connectivity index (χ0n) is 22.8. The third-order valence-corrected chi connectivity index (χ3v) is 6.27. The van der Waals surface area contributed by atoms with Gasteiger partial charge in [-0.15, -0.1) is 0 Å². The molecule has 0 saturated heterocycles. The molecule has 1 amide bonds. The van der Waals surface area contributed by atoms with E-state index >= 15 is 0 Å². The molecule has 0 unspecified atom stereocenters. The van der Waals surface area contributed by atoms with Crippen molar-refractivity contribution in [3.8, 4) is 5.82 Å². The van der Waals surface area contributed by atoms with Crippen LogP contribution in [0.1, 0.15) is 52.6 Å². The average Bonchev–Trinajstić information content (AvgIpc) is 3.29. The predicted octanol–water partition coefficient (Wildman–Crippen LogP) is 6.01. The molecule has 0 aliphatic heterocycles. The van der Waals surface area contributed by atoms with Crippen LogP contribution in [0.5, 0.6) is 0 Å². The summed E-state index contributed by atoms with van der Waals surface area (Å²) in [6.45, 7) is 7.94. The minimum atomic E-state index is -4.59. The molecular formula is C28H31F3N8O. The van der Waals surface area contributed by atoms with Gasteiger partial charge in [0.05, 0.1) is 11.3 Å². The second-order valence-electron chi connectivity index (χ2n) is 9.32. The maximum absolute atomic E-state index is 13.6. The van der Waals surface area contributed by atoms with Crippen LogP contribution in [-0.2, 0) is 6.18 Å². The van der Waals surface area contributed by atoms with Gasteiger partial charge in [0, 0.05) is 42.2 Å². The zero-order valence-corrected chi connectivity index (χ0v) is 22.8. The topological polar surface area (TPSA) is 109 Å². The molecule has 1 atom stereocenters. The van der Waals surface area contributed by atoms with Crippen molar-refractivity contribution in [3.05, 3.63) is 82.8 Å². The quantitative estimate of drug-likeness (QED) is 0.202. The van der Waals surface area contributed by atoms with Crippen LogP contribution in [0.15, 0.2) is 54.9 Å². The molecule has 0 spiro atoms. The number of aryl methyl sites for hydroxylation is 2. The number of nitrogens with one attached hydrogen (secondary N) is 4. The van der Waals surface area contributed by atoms with Crippen molar-refractivity contribution < 1.29 is 18.0 Å². The Hall–Kier alpha value is -4.45.